The van der Waals surface area contributed by atoms with Gasteiger partial charge < -0.3 is 29.5 Å². The summed E-state index contributed by atoms with van der Waals surface area (Å²) < 4.78 is 42.3. The summed E-state index contributed by atoms with van der Waals surface area (Å²) in [7, 11) is -3.46. The number of ketones is 1. The first-order chi connectivity index (χ1) is 20.2. The molecule has 0 bridgehead atoms. The number of alkyl carbamates (subject to hydrolysis) is 1. The molecule has 0 aromatic heterocycles. The molecule has 0 aliphatic heterocycles. The van der Waals surface area contributed by atoms with Crippen molar-refractivity contribution in [1.29, 1.82) is 0 Å². The number of amides is 2. The molecule has 0 saturated heterocycles. The van der Waals surface area contributed by atoms with Crippen LogP contribution in [0.2, 0.25) is 0 Å². The Bertz CT molecular complexity index is 1160. The number of carbonyl (C=O) groups is 3. The third-order valence-electron chi connectivity index (χ3n) is 6.28. The van der Waals surface area contributed by atoms with Crippen LogP contribution in [-0.2, 0) is 41.0 Å². The van der Waals surface area contributed by atoms with E-state index < -0.39 is 44.1 Å². The number of unbranched alkanes of at least 4 members (excludes halogenated alkanes) is 2. The lowest BCUT2D eigenvalue weighted by Gasteiger charge is -2.22. The van der Waals surface area contributed by atoms with E-state index in [1.165, 1.54) is 6.07 Å². The average molecular weight is 609 g/mol. The molecule has 1 unspecified atom stereocenters. The van der Waals surface area contributed by atoms with Crippen LogP contribution in [0.1, 0.15) is 57.1 Å². The summed E-state index contributed by atoms with van der Waals surface area (Å²) in [6.07, 6.45) is 0.910. The van der Waals surface area contributed by atoms with E-state index in [0.717, 1.165) is 5.56 Å². The van der Waals surface area contributed by atoms with Crippen molar-refractivity contribution >= 4 is 25.4 Å². The smallest absolute Gasteiger partial charge is 0.408 e. The molecule has 42 heavy (non-hydrogen) atoms. The van der Waals surface area contributed by atoms with Crippen LogP contribution in [0.3, 0.4) is 0 Å². The van der Waals surface area contributed by atoms with Crippen molar-refractivity contribution in [3.05, 3.63) is 71.5 Å². The van der Waals surface area contributed by atoms with Crippen molar-refractivity contribution in [3.63, 3.8) is 0 Å². The lowest BCUT2D eigenvalue weighted by molar-refractivity contribution is -0.124. The molecule has 2 aromatic rings. The highest BCUT2D eigenvalue weighted by Crippen LogP contribution is 2.48. The number of hydrogen-bond donors (Lipinski definition) is 3. The number of halogens is 1. The number of aliphatic hydroxyl groups excluding tert-OH is 1. The Kier molecular flexibility index (Phi) is 16.0. The molecule has 2 rings (SSSR count). The minimum atomic E-state index is -3.46. The van der Waals surface area contributed by atoms with Gasteiger partial charge in [0.15, 0.2) is 0 Å². The second-order valence-electron chi connectivity index (χ2n) is 9.68. The summed E-state index contributed by atoms with van der Waals surface area (Å²) in [6, 6.07) is 13.4. The number of nitrogens with one attached hydrogen (secondary N) is 2. The molecule has 232 valence electrons. The van der Waals surface area contributed by atoms with Crippen molar-refractivity contribution < 1.29 is 42.2 Å². The van der Waals surface area contributed by atoms with E-state index >= 15 is 0 Å². The van der Waals surface area contributed by atoms with Gasteiger partial charge in [0.1, 0.15) is 30.4 Å². The van der Waals surface area contributed by atoms with E-state index in [1.807, 2.05) is 18.2 Å². The van der Waals surface area contributed by atoms with E-state index in [0.29, 0.717) is 24.8 Å². The zero-order valence-electron chi connectivity index (χ0n) is 24.3. The highest BCUT2D eigenvalue weighted by atomic mass is 31.2. The van der Waals surface area contributed by atoms with Crippen LogP contribution in [0, 0.1) is 5.82 Å². The molecule has 3 N–H and O–H groups in total. The lowest BCUT2D eigenvalue weighted by Crippen LogP contribution is -2.51. The predicted octanol–water partition coefficient (Wildman–Crippen LogP) is 4.93. The third-order valence-corrected chi connectivity index (χ3v) is 8.33. The molecule has 0 aliphatic rings. The zero-order chi connectivity index (χ0) is 30.8. The van der Waals surface area contributed by atoms with Crippen molar-refractivity contribution in [2.24, 2.45) is 0 Å². The second kappa shape index (κ2) is 19.2. The van der Waals surface area contributed by atoms with Crippen molar-refractivity contribution in [1.82, 2.24) is 10.6 Å². The van der Waals surface area contributed by atoms with Crippen LogP contribution in [0.25, 0.3) is 0 Å². The maximum Gasteiger partial charge on any atom is 0.408 e. The zero-order valence-corrected chi connectivity index (χ0v) is 25.2. The van der Waals surface area contributed by atoms with Gasteiger partial charge >= 0.3 is 13.7 Å². The maximum atomic E-state index is 14.1. The molecular weight excluding hydrogens is 566 g/mol. The SMILES string of the molecule is CCOP(=O)(CC(=O)CCCCCC(NC(=O)OCc1ccccc1)C(=O)N[C@H](CO)Cc1ccccc1F)OCC. The number of ether oxygens (including phenoxy) is 1. The fourth-order valence-electron chi connectivity index (χ4n) is 4.23. The van der Waals surface area contributed by atoms with Crippen LogP contribution in [-0.4, -0.2) is 61.0 Å². The van der Waals surface area contributed by atoms with Crippen molar-refractivity contribution in [2.75, 3.05) is 26.0 Å². The van der Waals surface area contributed by atoms with Gasteiger partial charge in [0.2, 0.25) is 5.91 Å². The molecule has 12 heteroatoms. The van der Waals surface area contributed by atoms with E-state index in [1.54, 1.807) is 44.2 Å². The highest BCUT2D eigenvalue weighted by Gasteiger charge is 2.27. The Balaban J connectivity index is 1.94. The first-order valence-electron chi connectivity index (χ1n) is 14.2. The molecule has 0 radical (unpaired) electrons. The standard InChI is InChI=1S/C30H42FN2O8P/c1-3-40-42(38,41-4-2)22-26(35)16-9-6-10-18-28(33-30(37)39-21-23-13-7-5-8-14-23)29(36)32-25(20-34)19-24-15-11-12-17-27(24)31/h5,7-8,11-15,17,25,28,34H,3-4,6,9-10,16,18-22H2,1-2H3,(H,32,36)(H,33,37)/t25-,28?/m0/s1. The van der Waals surface area contributed by atoms with E-state index in [2.05, 4.69) is 10.6 Å². The molecule has 0 aliphatic carbocycles. The number of aliphatic hydroxyl groups is 1. The fourth-order valence-corrected chi connectivity index (χ4v) is 5.87. The first-order valence-corrected chi connectivity index (χ1v) is 15.9. The Labute approximate surface area is 246 Å². The number of hydrogen-bond acceptors (Lipinski definition) is 8. The summed E-state index contributed by atoms with van der Waals surface area (Å²) in [5.74, 6) is -1.23. The first kappa shape index (κ1) is 35.1. The van der Waals surface area contributed by atoms with Crippen LogP contribution >= 0.6 is 7.60 Å². The molecular formula is C30H42FN2O8P. The van der Waals surface area contributed by atoms with Gasteiger partial charge in [-0.3, -0.25) is 14.2 Å². The summed E-state index contributed by atoms with van der Waals surface area (Å²) in [5, 5.41) is 15.1. The van der Waals surface area contributed by atoms with Gasteiger partial charge in [0.25, 0.3) is 0 Å². The minimum absolute atomic E-state index is 0.0169. The van der Waals surface area contributed by atoms with Gasteiger partial charge in [-0.2, -0.15) is 0 Å². The number of Topliss-reactive ketones (excluding diaryl/α,β-unsaturated/α-hetero) is 1. The Hall–Kier alpha value is -3.11. The monoisotopic (exact) mass is 608 g/mol. The summed E-state index contributed by atoms with van der Waals surface area (Å²) >= 11 is 0. The lowest BCUT2D eigenvalue weighted by atomic mass is 10.0. The van der Waals surface area contributed by atoms with Gasteiger partial charge in [-0.15, -0.1) is 0 Å². The van der Waals surface area contributed by atoms with Gasteiger partial charge in [-0.05, 0) is 50.3 Å². The Morgan fingerprint density at radius 1 is 0.929 bits per heavy atom. The van der Waals surface area contributed by atoms with E-state index in [9.17, 15) is 28.4 Å². The normalized spacial score (nSPS) is 12.8. The number of rotatable bonds is 20. The van der Waals surface area contributed by atoms with Crippen molar-refractivity contribution in [3.8, 4) is 0 Å². The Morgan fingerprint density at radius 3 is 2.24 bits per heavy atom. The molecule has 2 atom stereocenters. The quantitative estimate of drug-likeness (QED) is 0.142. The third kappa shape index (κ3) is 13.2. The minimum Gasteiger partial charge on any atom is -0.445 e. The van der Waals surface area contributed by atoms with Crippen LogP contribution in [0.15, 0.2) is 54.6 Å². The predicted molar refractivity (Wildman–Crippen MR) is 156 cm³/mol. The van der Waals surface area contributed by atoms with Crippen LogP contribution in [0.4, 0.5) is 9.18 Å². The van der Waals surface area contributed by atoms with Crippen LogP contribution in [0.5, 0.6) is 0 Å². The molecule has 0 fully saturated rings. The van der Waals surface area contributed by atoms with Gasteiger partial charge in [0, 0.05) is 6.42 Å². The molecule has 0 spiro atoms. The van der Waals surface area contributed by atoms with Gasteiger partial charge in [-0.1, -0.05) is 61.4 Å². The Morgan fingerprint density at radius 2 is 1.60 bits per heavy atom. The number of benzene rings is 2. The maximum absolute atomic E-state index is 14.1. The highest BCUT2D eigenvalue weighted by molar-refractivity contribution is 7.54. The summed E-state index contributed by atoms with van der Waals surface area (Å²) in [4.78, 5) is 38.0. The average Bonchev–Trinajstić information content (AvgIpc) is 2.96. The molecule has 0 heterocycles. The van der Waals surface area contributed by atoms with Gasteiger partial charge in [0.05, 0.1) is 25.9 Å². The van der Waals surface area contributed by atoms with E-state index in [-0.39, 0.29) is 51.0 Å². The molecule has 2 aromatic carbocycles. The topological polar surface area (TPSA) is 140 Å². The largest absolute Gasteiger partial charge is 0.445 e. The summed E-state index contributed by atoms with van der Waals surface area (Å²) in [6.45, 7) is 3.29. The fraction of sp³-hybridized carbons (Fsp3) is 0.500. The van der Waals surface area contributed by atoms with Gasteiger partial charge in [-0.25, -0.2) is 9.18 Å². The molecule has 10 nitrogen and oxygen atoms in total. The van der Waals surface area contributed by atoms with Crippen molar-refractivity contribution in [2.45, 2.75) is 71.1 Å². The second-order valence-corrected chi connectivity index (χ2v) is 11.7. The van der Waals surface area contributed by atoms with E-state index in [4.69, 9.17) is 13.8 Å². The summed E-state index contributed by atoms with van der Waals surface area (Å²) in [5.41, 5.74) is 1.12. The number of carbonyl (C=O) groups excluding carboxylic acids is 3. The molecule has 2 amide bonds. The van der Waals surface area contributed by atoms with Crippen LogP contribution < -0.4 is 10.6 Å². The molecule has 0 saturated carbocycles.